The molecule has 4 heterocycles. The molecule has 0 aliphatic heterocycles. The number of alkyl halides is 3. The zero-order valence-corrected chi connectivity index (χ0v) is 16.7. The second kappa shape index (κ2) is 7.65. The smallest absolute Gasteiger partial charge is 0.383 e. The van der Waals surface area contributed by atoms with Crippen molar-refractivity contribution in [2.45, 2.75) is 12.7 Å². The third-order valence-electron chi connectivity index (χ3n) is 4.99. The van der Waals surface area contributed by atoms with Gasteiger partial charge in [-0.3, -0.25) is 0 Å². The van der Waals surface area contributed by atoms with Gasteiger partial charge in [-0.15, -0.1) is 0 Å². The molecule has 0 unspecified atom stereocenters. The third-order valence-corrected chi connectivity index (χ3v) is 4.99. The van der Waals surface area contributed by atoms with Crippen molar-refractivity contribution < 1.29 is 17.6 Å². The van der Waals surface area contributed by atoms with Crippen molar-refractivity contribution in [3.05, 3.63) is 78.8 Å². The largest absolute Gasteiger partial charge is 0.451 e. The molecule has 5 aromatic rings. The van der Waals surface area contributed by atoms with Crippen molar-refractivity contribution >= 4 is 16.9 Å². The quantitative estimate of drug-likeness (QED) is 0.414. The van der Waals surface area contributed by atoms with Crippen LogP contribution < -0.4 is 5.73 Å². The molecule has 0 aliphatic carbocycles. The fraction of sp³-hybridized carbons (Fsp3) is 0.0952. The summed E-state index contributed by atoms with van der Waals surface area (Å²) in [6, 6.07) is 6.24. The Morgan fingerprint density at radius 1 is 0.939 bits per heavy atom. The number of hydrogen-bond acceptors (Lipinski definition) is 6. The summed E-state index contributed by atoms with van der Waals surface area (Å²) in [7, 11) is 0. The molecule has 2 N–H and O–H groups in total. The van der Waals surface area contributed by atoms with Gasteiger partial charge in [0.2, 0.25) is 5.82 Å². The number of nitrogens with two attached hydrogens (primary N) is 1. The lowest BCUT2D eigenvalue weighted by Gasteiger charge is -2.05. The molecule has 33 heavy (non-hydrogen) atoms. The summed E-state index contributed by atoms with van der Waals surface area (Å²) >= 11 is 0. The molecule has 5 rings (SSSR count). The second-order valence-electron chi connectivity index (χ2n) is 7.17. The number of para-hydroxylation sites is 1. The summed E-state index contributed by atoms with van der Waals surface area (Å²) in [4.78, 5) is 15.1. The molecule has 0 bridgehead atoms. The molecule has 0 saturated heterocycles. The molecule has 4 aromatic heterocycles. The van der Waals surface area contributed by atoms with Crippen LogP contribution in [0.25, 0.3) is 27.8 Å². The molecule has 166 valence electrons. The van der Waals surface area contributed by atoms with Crippen LogP contribution in [0.2, 0.25) is 0 Å². The highest BCUT2D eigenvalue weighted by Crippen LogP contribution is 2.33. The Kier molecular flexibility index (Phi) is 4.77. The minimum atomic E-state index is -4.65. The second-order valence-corrected chi connectivity index (χ2v) is 7.17. The third kappa shape index (κ3) is 3.75. The van der Waals surface area contributed by atoms with Crippen LogP contribution in [0.5, 0.6) is 0 Å². The van der Waals surface area contributed by atoms with Gasteiger partial charge in [0.1, 0.15) is 29.3 Å². The molecule has 0 spiro atoms. The zero-order valence-electron chi connectivity index (χ0n) is 16.7. The van der Waals surface area contributed by atoms with Crippen LogP contribution >= 0.6 is 0 Å². The molecule has 0 fully saturated rings. The normalized spacial score (nSPS) is 11.9. The lowest BCUT2D eigenvalue weighted by Crippen LogP contribution is -2.10. The molecular formula is C21H14F4N8. The molecule has 0 atom stereocenters. The summed E-state index contributed by atoms with van der Waals surface area (Å²) in [5.74, 6) is -1.49. The zero-order chi connectivity index (χ0) is 23.2. The summed E-state index contributed by atoms with van der Waals surface area (Å²) in [5, 5.41) is 4.68. The van der Waals surface area contributed by atoms with Gasteiger partial charge >= 0.3 is 6.18 Å². The van der Waals surface area contributed by atoms with Gasteiger partial charge < -0.3 is 10.3 Å². The van der Waals surface area contributed by atoms with Crippen LogP contribution in [-0.2, 0) is 12.7 Å². The van der Waals surface area contributed by atoms with Crippen LogP contribution in [0.3, 0.4) is 0 Å². The van der Waals surface area contributed by atoms with E-state index in [1.54, 1.807) is 41.4 Å². The molecule has 8 nitrogen and oxygen atoms in total. The first-order valence-electron chi connectivity index (χ1n) is 9.58. The average Bonchev–Trinajstić information content (AvgIpc) is 3.40. The predicted molar refractivity (Wildman–Crippen MR) is 111 cm³/mol. The maximum atomic E-state index is 14.1. The number of nitrogens with zero attached hydrogens (tertiary/aromatic N) is 7. The Hall–Kier alpha value is -4.35. The lowest BCUT2D eigenvalue weighted by molar-refractivity contribution is -0.144. The van der Waals surface area contributed by atoms with Crippen LogP contribution in [0.15, 0.2) is 61.6 Å². The van der Waals surface area contributed by atoms with Crippen molar-refractivity contribution in [3.63, 3.8) is 0 Å². The van der Waals surface area contributed by atoms with Gasteiger partial charge in [-0.2, -0.15) is 18.3 Å². The fourth-order valence-electron chi connectivity index (χ4n) is 3.51. The monoisotopic (exact) mass is 454 g/mol. The topological polar surface area (TPSA) is 100 Å². The average molecular weight is 454 g/mol. The van der Waals surface area contributed by atoms with Gasteiger partial charge in [0.25, 0.3) is 0 Å². The number of aromatic nitrogens is 7. The van der Waals surface area contributed by atoms with Crippen molar-refractivity contribution in [1.82, 2.24) is 34.3 Å². The predicted octanol–water partition coefficient (Wildman–Crippen LogP) is 3.86. The first-order valence-corrected chi connectivity index (χ1v) is 9.58. The Balaban J connectivity index is 1.54. The van der Waals surface area contributed by atoms with E-state index in [0.29, 0.717) is 34.4 Å². The SMILES string of the molecule is Nc1ncnc2c1c(-c1cnc(C(F)(F)F)nc1)cn2Cc1cnn(-c2ccccc2F)c1. The van der Waals surface area contributed by atoms with Gasteiger partial charge in [-0.25, -0.2) is 29.0 Å². The van der Waals surface area contributed by atoms with E-state index >= 15 is 0 Å². The lowest BCUT2D eigenvalue weighted by atomic mass is 10.1. The molecule has 0 radical (unpaired) electrons. The van der Waals surface area contributed by atoms with Crippen LogP contribution in [0, 0.1) is 5.82 Å². The molecular weight excluding hydrogens is 440 g/mol. The summed E-state index contributed by atoms with van der Waals surface area (Å²) in [5.41, 5.74) is 8.38. The Bertz CT molecular complexity index is 1450. The van der Waals surface area contributed by atoms with E-state index < -0.39 is 17.8 Å². The van der Waals surface area contributed by atoms with Gasteiger partial charge in [0.05, 0.1) is 18.1 Å². The van der Waals surface area contributed by atoms with Gasteiger partial charge in [0.15, 0.2) is 0 Å². The van der Waals surface area contributed by atoms with E-state index in [1.165, 1.54) is 17.1 Å². The number of benzene rings is 1. The van der Waals surface area contributed by atoms with E-state index in [-0.39, 0.29) is 5.82 Å². The van der Waals surface area contributed by atoms with E-state index in [4.69, 9.17) is 5.73 Å². The van der Waals surface area contributed by atoms with Crippen molar-refractivity contribution in [1.29, 1.82) is 0 Å². The van der Waals surface area contributed by atoms with Crippen LogP contribution in [0.1, 0.15) is 11.4 Å². The number of nitrogen functional groups attached to an aromatic ring is 1. The Morgan fingerprint density at radius 2 is 1.70 bits per heavy atom. The minimum absolute atomic E-state index is 0.163. The van der Waals surface area contributed by atoms with Crippen LogP contribution in [0.4, 0.5) is 23.4 Å². The molecule has 12 heteroatoms. The Labute approximate surface area is 183 Å². The molecule has 0 amide bonds. The van der Waals surface area contributed by atoms with Crippen molar-refractivity contribution in [2.24, 2.45) is 0 Å². The first-order chi connectivity index (χ1) is 15.8. The number of halogens is 4. The number of fused-ring (bicyclic) bond motifs is 1. The fourth-order valence-corrected chi connectivity index (χ4v) is 3.51. The highest BCUT2D eigenvalue weighted by Gasteiger charge is 2.34. The Morgan fingerprint density at radius 3 is 2.42 bits per heavy atom. The number of hydrogen-bond donors (Lipinski definition) is 1. The van der Waals surface area contributed by atoms with E-state index in [9.17, 15) is 17.6 Å². The minimum Gasteiger partial charge on any atom is -0.383 e. The highest BCUT2D eigenvalue weighted by molar-refractivity contribution is 6.00. The maximum absolute atomic E-state index is 14.1. The van der Waals surface area contributed by atoms with E-state index in [2.05, 4.69) is 25.0 Å². The van der Waals surface area contributed by atoms with E-state index in [1.807, 2.05) is 0 Å². The number of rotatable bonds is 4. The van der Waals surface area contributed by atoms with Crippen molar-refractivity contribution in [2.75, 3.05) is 5.73 Å². The van der Waals surface area contributed by atoms with Gasteiger partial charge in [-0.05, 0) is 12.1 Å². The summed E-state index contributed by atoms with van der Waals surface area (Å²) in [6.45, 7) is 0.295. The number of anilines is 1. The van der Waals surface area contributed by atoms with E-state index in [0.717, 1.165) is 18.0 Å². The summed E-state index contributed by atoms with van der Waals surface area (Å²) < 4.78 is 55.8. The molecule has 1 aromatic carbocycles. The molecule has 0 aliphatic rings. The highest BCUT2D eigenvalue weighted by atomic mass is 19.4. The summed E-state index contributed by atoms with van der Waals surface area (Å²) in [6.07, 6.45) is 3.76. The van der Waals surface area contributed by atoms with Crippen LogP contribution in [-0.4, -0.2) is 34.3 Å². The maximum Gasteiger partial charge on any atom is 0.451 e. The molecule has 0 saturated carbocycles. The van der Waals surface area contributed by atoms with Gasteiger partial charge in [-0.1, -0.05) is 12.1 Å². The first kappa shape index (κ1) is 20.5. The van der Waals surface area contributed by atoms with Gasteiger partial charge in [0, 0.05) is 41.5 Å². The standard InChI is InChI=1S/C21H14F4N8/c22-15-3-1-2-4-16(15)33-9-12(5-31-33)8-32-10-14(17-18(26)29-11-30-19(17)32)13-6-27-20(28-7-13)21(23,24)25/h1-7,9-11H,8H2,(H2,26,29,30). The van der Waals surface area contributed by atoms with Crippen molar-refractivity contribution in [3.8, 4) is 16.8 Å².